The summed E-state index contributed by atoms with van der Waals surface area (Å²) in [5, 5.41) is 17.0. The second-order valence-electron chi connectivity index (χ2n) is 2.41. The standard InChI is InChI=1S/C9H7N3/c1-7-2-3-8(4-5-10)12-9(7)6-11/h2-3H,4H2,1H3. The fourth-order valence-electron chi connectivity index (χ4n) is 0.862. The summed E-state index contributed by atoms with van der Waals surface area (Å²) in [6, 6.07) is 7.52. The zero-order valence-corrected chi connectivity index (χ0v) is 6.70. The Morgan fingerprint density at radius 3 is 2.75 bits per heavy atom. The van der Waals surface area contributed by atoms with E-state index >= 15 is 0 Å². The molecule has 0 amide bonds. The summed E-state index contributed by atoms with van der Waals surface area (Å²) < 4.78 is 0. The van der Waals surface area contributed by atoms with Crippen LogP contribution in [0.15, 0.2) is 12.1 Å². The van der Waals surface area contributed by atoms with Gasteiger partial charge in [0, 0.05) is 0 Å². The molecule has 0 N–H and O–H groups in total. The van der Waals surface area contributed by atoms with Crippen molar-refractivity contribution in [1.82, 2.24) is 4.98 Å². The van der Waals surface area contributed by atoms with Gasteiger partial charge in [-0.2, -0.15) is 10.5 Å². The molecule has 0 aliphatic heterocycles. The molecule has 58 valence electrons. The van der Waals surface area contributed by atoms with Gasteiger partial charge in [0.25, 0.3) is 0 Å². The molecule has 1 aromatic heterocycles. The van der Waals surface area contributed by atoms with Crippen molar-refractivity contribution in [3.63, 3.8) is 0 Å². The molecule has 3 heteroatoms. The molecule has 0 atom stereocenters. The molecule has 0 radical (unpaired) electrons. The Bertz CT molecular complexity index is 368. The lowest BCUT2D eigenvalue weighted by atomic mass is 10.2. The first-order valence-corrected chi connectivity index (χ1v) is 3.51. The minimum absolute atomic E-state index is 0.259. The molecule has 1 aromatic rings. The van der Waals surface area contributed by atoms with Crippen molar-refractivity contribution in [1.29, 1.82) is 10.5 Å². The van der Waals surface area contributed by atoms with E-state index in [2.05, 4.69) is 4.98 Å². The summed E-state index contributed by atoms with van der Waals surface area (Å²) >= 11 is 0. The fourth-order valence-corrected chi connectivity index (χ4v) is 0.862. The molecule has 1 heterocycles. The third-order valence-corrected chi connectivity index (χ3v) is 1.52. The highest BCUT2D eigenvalue weighted by atomic mass is 14.7. The summed E-state index contributed by atoms with van der Waals surface area (Å²) in [4.78, 5) is 4.00. The number of pyridine rings is 1. The quantitative estimate of drug-likeness (QED) is 0.617. The molecule has 1 rings (SSSR count). The van der Waals surface area contributed by atoms with E-state index in [9.17, 15) is 0 Å². The first-order chi connectivity index (χ1) is 5.77. The summed E-state index contributed by atoms with van der Waals surface area (Å²) in [5.41, 5.74) is 1.90. The number of aromatic nitrogens is 1. The summed E-state index contributed by atoms with van der Waals surface area (Å²) in [6.45, 7) is 1.82. The van der Waals surface area contributed by atoms with Crippen LogP contribution in [0.25, 0.3) is 0 Å². The Labute approximate surface area is 70.9 Å². The first-order valence-electron chi connectivity index (χ1n) is 3.51. The van der Waals surface area contributed by atoms with Crippen LogP contribution in [0, 0.1) is 29.6 Å². The van der Waals surface area contributed by atoms with Crippen molar-refractivity contribution in [3.05, 3.63) is 29.1 Å². The molecule has 0 spiro atoms. The average Bonchev–Trinajstić information content (AvgIpc) is 2.09. The first kappa shape index (κ1) is 8.23. The van der Waals surface area contributed by atoms with Gasteiger partial charge in [-0.25, -0.2) is 4.98 Å². The lowest BCUT2D eigenvalue weighted by Gasteiger charge is -1.97. The van der Waals surface area contributed by atoms with Crippen LogP contribution < -0.4 is 0 Å². The van der Waals surface area contributed by atoms with Crippen LogP contribution in [-0.2, 0) is 6.42 Å². The van der Waals surface area contributed by atoms with E-state index in [1.54, 1.807) is 12.1 Å². The second kappa shape index (κ2) is 3.50. The summed E-state index contributed by atoms with van der Waals surface area (Å²) in [7, 11) is 0. The number of hydrogen-bond donors (Lipinski definition) is 0. The summed E-state index contributed by atoms with van der Waals surface area (Å²) in [5.74, 6) is 0. The molecule has 0 saturated carbocycles. The van der Waals surface area contributed by atoms with E-state index in [4.69, 9.17) is 10.5 Å². The van der Waals surface area contributed by atoms with Gasteiger partial charge in [0.2, 0.25) is 0 Å². The molecule has 0 aliphatic rings. The Balaban J connectivity index is 3.09. The molecule has 0 saturated heterocycles. The van der Waals surface area contributed by atoms with Crippen LogP contribution in [0.5, 0.6) is 0 Å². The number of hydrogen-bond acceptors (Lipinski definition) is 3. The molecule has 3 nitrogen and oxygen atoms in total. The van der Waals surface area contributed by atoms with Crippen molar-refractivity contribution in [2.24, 2.45) is 0 Å². The minimum Gasteiger partial charge on any atom is -0.241 e. The van der Waals surface area contributed by atoms with Gasteiger partial charge in [0.15, 0.2) is 0 Å². The van der Waals surface area contributed by atoms with E-state index in [-0.39, 0.29) is 6.42 Å². The van der Waals surface area contributed by atoms with Crippen molar-refractivity contribution in [3.8, 4) is 12.1 Å². The normalized spacial score (nSPS) is 8.58. The van der Waals surface area contributed by atoms with E-state index in [1.165, 1.54) is 0 Å². The highest BCUT2D eigenvalue weighted by Crippen LogP contribution is 2.05. The van der Waals surface area contributed by atoms with E-state index in [0.717, 1.165) is 5.56 Å². The van der Waals surface area contributed by atoms with Crippen molar-refractivity contribution in [2.75, 3.05) is 0 Å². The minimum atomic E-state index is 0.259. The van der Waals surface area contributed by atoms with Gasteiger partial charge < -0.3 is 0 Å². The maximum absolute atomic E-state index is 8.62. The van der Waals surface area contributed by atoms with E-state index < -0.39 is 0 Å². The Morgan fingerprint density at radius 2 is 2.17 bits per heavy atom. The molecule has 0 fully saturated rings. The highest BCUT2D eigenvalue weighted by Gasteiger charge is 1.99. The van der Waals surface area contributed by atoms with Crippen molar-refractivity contribution >= 4 is 0 Å². The molecule has 0 aromatic carbocycles. The molecule has 0 aliphatic carbocycles. The average molecular weight is 157 g/mol. The van der Waals surface area contributed by atoms with Crippen LogP contribution in [0.1, 0.15) is 17.0 Å². The zero-order valence-electron chi connectivity index (χ0n) is 6.70. The Morgan fingerprint density at radius 1 is 1.42 bits per heavy atom. The Kier molecular flexibility index (Phi) is 2.40. The largest absolute Gasteiger partial charge is 0.241 e. The third kappa shape index (κ3) is 1.59. The monoisotopic (exact) mass is 157 g/mol. The fraction of sp³-hybridized carbons (Fsp3) is 0.222. The SMILES string of the molecule is Cc1ccc(CC#N)nc1C#N. The van der Waals surface area contributed by atoms with Gasteiger partial charge in [0.05, 0.1) is 18.2 Å². The number of nitrogens with zero attached hydrogens (tertiary/aromatic N) is 3. The van der Waals surface area contributed by atoms with E-state index in [0.29, 0.717) is 11.4 Å². The summed E-state index contributed by atoms with van der Waals surface area (Å²) in [6.07, 6.45) is 0.259. The van der Waals surface area contributed by atoms with Crippen LogP contribution in [0.3, 0.4) is 0 Å². The third-order valence-electron chi connectivity index (χ3n) is 1.52. The van der Waals surface area contributed by atoms with E-state index in [1.807, 2.05) is 19.1 Å². The molecule has 0 bridgehead atoms. The van der Waals surface area contributed by atoms with Gasteiger partial charge in [-0.15, -0.1) is 0 Å². The maximum Gasteiger partial charge on any atom is 0.143 e. The van der Waals surface area contributed by atoms with Crippen LogP contribution in [0.2, 0.25) is 0 Å². The van der Waals surface area contributed by atoms with Gasteiger partial charge in [-0.1, -0.05) is 6.07 Å². The lowest BCUT2D eigenvalue weighted by Crippen LogP contribution is -1.93. The zero-order chi connectivity index (χ0) is 8.97. The number of nitriles is 2. The predicted octanol–water partition coefficient (Wildman–Crippen LogP) is 1.33. The van der Waals surface area contributed by atoms with Crippen molar-refractivity contribution in [2.45, 2.75) is 13.3 Å². The second-order valence-corrected chi connectivity index (χ2v) is 2.41. The smallest absolute Gasteiger partial charge is 0.143 e. The van der Waals surface area contributed by atoms with Gasteiger partial charge in [-0.05, 0) is 18.6 Å². The molecular formula is C9H7N3. The Hall–Kier alpha value is -1.87. The van der Waals surface area contributed by atoms with Crippen LogP contribution >= 0.6 is 0 Å². The van der Waals surface area contributed by atoms with Crippen molar-refractivity contribution < 1.29 is 0 Å². The number of rotatable bonds is 1. The maximum atomic E-state index is 8.62. The molecule has 0 unspecified atom stereocenters. The van der Waals surface area contributed by atoms with Gasteiger partial charge >= 0.3 is 0 Å². The highest BCUT2D eigenvalue weighted by molar-refractivity contribution is 5.31. The van der Waals surface area contributed by atoms with Gasteiger partial charge in [-0.3, -0.25) is 0 Å². The predicted molar refractivity (Wildman–Crippen MR) is 43.0 cm³/mol. The molecule has 12 heavy (non-hydrogen) atoms. The number of aryl methyl sites for hydroxylation is 1. The topological polar surface area (TPSA) is 60.5 Å². The lowest BCUT2D eigenvalue weighted by molar-refractivity contribution is 1.08. The van der Waals surface area contributed by atoms with Gasteiger partial charge in [0.1, 0.15) is 11.8 Å². The van der Waals surface area contributed by atoms with Crippen LogP contribution in [-0.4, -0.2) is 4.98 Å². The molecular weight excluding hydrogens is 150 g/mol. The van der Waals surface area contributed by atoms with Crippen LogP contribution in [0.4, 0.5) is 0 Å².